The van der Waals surface area contributed by atoms with E-state index in [-0.39, 0.29) is 25.9 Å². The maximum absolute atomic E-state index is 10.1. The fourth-order valence-corrected chi connectivity index (χ4v) is 1.58. The normalized spacial score (nSPS) is 9.67. The molecule has 0 saturated carbocycles. The van der Waals surface area contributed by atoms with Gasteiger partial charge in [-0.05, 0) is 12.8 Å². The summed E-state index contributed by atoms with van der Waals surface area (Å²) in [6.45, 7) is 2.22. The topological polar surface area (TPSA) is 40.1 Å². The van der Waals surface area contributed by atoms with E-state index in [9.17, 15) is 9.90 Å². The summed E-state index contributed by atoms with van der Waals surface area (Å²) in [5.41, 5.74) is 0. The van der Waals surface area contributed by atoms with E-state index in [1.165, 1.54) is 44.9 Å². The molecule has 0 heterocycles. The van der Waals surface area contributed by atoms with Gasteiger partial charge >= 0.3 is 19.5 Å². The van der Waals surface area contributed by atoms with Crippen molar-refractivity contribution in [2.75, 3.05) is 0 Å². The molecule has 0 radical (unpaired) electrons. The van der Waals surface area contributed by atoms with E-state index >= 15 is 0 Å². The van der Waals surface area contributed by atoms with Crippen molar-refractivity contribution >= 4 is 5.97 Å². The molecule has 0 rings (SSSR count). The van der Waals surface area contributed by atoms with Gasteiger partial charge in [0.05, 0.1) is 0 Å². The number of hydrogen-bond donors (Lipinski definition) is 0. The van der Waals surface area contributed by atoms with Crippen LogP contribution in [0.25, 0.3) is 0 Å². The minimum Gasteiger partial charge on any atom is -0.550 e. The Morgan fingerprint density at radius 3 is 1.67 bits per heavy atom. The molecule has 0 atom stereocenters. The van der Waals surface area contributed by atoms with E-state index in [0.717, 1.165) is 12.8 Å². The van der Waals surface area contributed by atoms with Gasteiger partial charge in [0.2, 0.25) is 0 Å². The molecule has 0 unspecified atom stereocenters. The summed E-state index contributed by atoms with van der Waals surface area (Å²) in [7, 11) is 0. The zero-order valence-electron chi connectivity index (χ0n) is 10.1. The Hall–Kier alpha value is 0.0934. The maximum Gasteiger partial charge on any atom is 2.00 e. The fourth-order valence-electron chi connectivity index (χ4n) is 1.58. The van der Waals surface area contributed by atoms with Crippen LogP contribution in [0.1, 0.15) is 71.1 Å². The van der Waals surface area contributed by atoms with Crippen molar-refractivity contribution in [1.82, 2.24) is 0 Å². The van der Waals surface area contributed by atoms with Gasteiger partial charge in [-0.25, -0.2) is 0 Å². The number of carbonyl (C=O) groups excluding carboxylic acids is 1. The molecule has 15 heavy (non-hydrogen) atoms. The van der Waals surface area contributed by atoms with Crippen LogP contribution < -0.4 is 5.11 Å². The van der Waals surface area contributed by atoms with Crippen molar-refractivity contribution in [3.05, 3.63) is 0 Å². The number of carboxylic acids is 1. The van der Waals surface area contributed by atoms with Crippen LogP contribution in [-0.4, -0.2) is 5.97 Å². The Labute approximate surface area is 107 Å². The Bertz CT molecular complexity index is 138. The van der Waals surface area contributed by atoms with Gasteiger partial charge in [0.1, 0.15) is 0 Å². The first-order valence-corrected chi connectivity index (χ1v) is 5.97. The van der Waals surface area contributed by atoms with Gasteiger partial charge in [-0.2, -0.15) is 0 Å². The molecule has 84 valence electrons. The number of rotatable bonds is 10. The number of carboxylic acid groups (broad SMARTS) is 1. The van der Waals surface area contributed by atoms with Crippen molar-refractivity contribution in [2.24, 2.45) is 0 Å². The van der Waals surface area contributed by atoms with Crippen LogP contribution in [0.2, 0.25) is 0 Å². The number of carbonyl (C=O) groups is 1. The molecule has 2 nitrogen and oxygen atoms in total. The molecule has 3 heteroatoms. The summed E-state index contributed by atoms with van der Waals surface area (Å²) in [6, 6.07) is 0. The first-order valence-electron chi connectivity index (χ1n) is 5.97. The molecule has 0 aliphatic carbocycles. The SMILES string of the molecule is CCCCCCCCCCCC(=O)[O-].[Zn+2]. The third-order valence-corrected chi connectivity index (χ3v) is 2.48. The Kier molecular flexibility index (Phi) is 16.4. The second kappa shape index (κ2) is 14.1. The van der Waals surface area contributed by atoms with Gasteiger partial charge in [-0.1, -0.05) is 58.3 Å². The summed E-state index contributed by atoms with van der Waals surface area (Å²) in [6.07, 6.45) is 11.2. The molecule has 0 saturated heterocycles. The van der Waals surface area contributed by atoms with Gasteiger partial charge in [0, 0.05) is 5.97 Å². The zero-order valence-corrected chi connectivity index (χ0v) is 13.1. The third-order valence-electron chi connectivity index (χ3n) is 2.48. The van der Waals surface area contributed by atoms with Gasteiger partial charge in [-0.3, -0.25) is 0 Å². The van der Waals surface area contributed by atoms with Crippen molar-refractivity contribution in [1.29, 1.82) is 0 Å². The van der Waals surface area contributed by atoms with E-state index in [4.69, 9.17) is 0 Å². The van der Waals surface area contributed by atoms with Crippen molar-refractivity contribution in [3.8, 4) is 0 Å². The number of hydrogen-bond acceptors (Lipinski definition) is 2. The average Bonchev–Trinajstić information content (AvgIpc) is 2.15. The van der Waals surface area contributed by atoms with Crippen LogP contribution in [0, 0.1) is 0 Å². The summed E-state index contributed by atoms with van der Waals surface area (Å²) >= 11 is 0. The van der Waals surface area contributed by atoms with E-state index in [1.54, 1.807) is 0 Å². The molecule has 0 spiro atoms. The van der Waals surface area contributed by atoms with Crippen LogP contribution in [0.4, 0.5) is 0 Å². The first kappa shape index (κ1) is 17.5. The second-order valence-electron chi connectivity index (χ2n) is 3.95. The summed E-state index contributed by atoms with van der Waals surface area (Å²) < 4.78 is 0. The quantitative estimate of drug-likeness (QED) is 0.450. The van der Waals surface area contributed by atoms with Crippen molar-refractivity contribution in [2.45, 2.75) is 71.1 Å². The molecule has 0 aromatic heterocycles. The minimum absolute atomic E-state index is 0. The average molecular weight is 265 g/mol. The smallest absolute Gasteiger partial charge is 0.550 e. The van der Waals surface area contributed by atoms with E-state index in [2.05, 4.69) is 6.92 Å². The molecule has 0 amide bonds. The standard InChI is InChI=1S/C12H24O2.Zn/c1-2-3-4-5-6-7-8-9-10-11-12(13)14;/h2-11H2,1H3,(H,13,14);/q;+2/p-1. The van der Waals surface area contributed by atoms with E-state index in [1.807, 2.05) is 0 Å². The molecule has 0 aromatic carbocycles. The van der Waals surface area contributed by atoms with Crippen molar-refractivity contribution in [3.63, 3.8) is 0 Å². The summed E-state index contributed by atoms with van der Waals surface area (Å²) in [5.74, 6) is -0.909. The monoisotopic (exact) mass is 263 g/mol. The van der Waals surface area contributed by atoms with Crippen LogP contribution in [-0.2, 0) is 24.3 Å². The molecule has 0 fully saturated rings. The Balaban J connectivity index is 0. The Morgan fingerprint density at radius 2 is 1.27 bits per heavy atom. The summed E-state index contributed by atoms with van der Waals surface area (Å²) in [5, 5.41) is 10.1. The van der Waals surface area contributed by atoms with Gasteiger partial charge in [0.15, 0.2) is 0 Å². The largest absolute Gasteiger partial charge is 2.00 e. The molecule has 0 aliphatic rings. The summed E-state index contributed by atoms with van der Waals surface area (Å²) in [4.78, 5) is 10.1. The van der Waals surface area contributed by atoms with E-state index < -0.39 is 5.97 Å². The predicted octanol–water partition coefficient (Wildman–Crippen LogP) is 2.65. The first-order chi connectivity index (χ1) is 6.77. The molecular weight excluding hydrogens is 242 g/mol. The van der Waals surface area contributed by atoms with Crippen LogP contribution in [0.5, 0.6) is 0 Å². The molecule has 0 aromatic rings. The molecule has 0 N–H and O–H groups in total. The Morgan fingerprint density at radius 1 is 0.867 bits per heavy atom. The van der Waals surface area contributed by atoms with Crippen LogP contribution in [0.3, 0.4) is 0 Å². The molecule has 0 aliphatic heterocycles. The number of unbranched alkanes of at least 4 members (excludes halogenated alkanes) is 8. The van der Waals surface area contributed by atoms with Gasteiger partial charge < -0.3 is 9.90 Å². The van der Waals surface area contributed by atoms with Gasteiger partial charge in [-0.15, -0.1) is 0 Å². The fraction of sp³-hybridized carbons (Fsp3) is 0.917. The van der Waals surface area contributed by atoms with Gasteiger partial charge in [0.25, 0.3) is 0 Å². The van der Waals surface area contributed by atoms with Crippen LogP contribution >= 0.6 is 0 Å². The minimum atomic E-state index is -0.909. The maximum atomic E-state index is 10.1. The molecule has 0 bridgehead atoms. The zero-order chi connectivity index (χ0) is 10.6. The third kappa shape index (κ3) is 16.7. The van der Waals surface area contributed by atoms with Crippen LogP contribution in [0.15, 0.2) is 0 Å². The predicted molar refractivity (Wildman–Crippen MR) is 56.9 cm³/mol. The molecular formula is C12H23O2Zn+. The second-order valence-corrected chi connectivity index (χ2v) is 3.95. The number of aliphatic carboxylic acids is 1. The van der Waals surface area contributed by atoms with Crippen molar-refractivity contribution < 1.29 is 29.4 Å². The van der Waals surface area contributed by atoms with E-state index in [0.29, 0.717) is 0 Å².